The van der Waals surface area contributed by atoms with Crippen molar-refractivity contribution in [1.82, 2.24) is 10.3 Å². The average Bonchev–Trinajstić information content (AvgIpc) is 2.44. The zero-order chi connectivity index (χ0) is 15.5. The maximum atomic E-state index is 11.9. The topological polar surface area (TPSA) is 76.1 Å². The largest absolute Gasteiger partial charge is 0.347 e. The van der Waals surface area contributed by atoms with Gasteiger partial charge in [-0.2, -0.15) is 0 Å². The summed E-state index contributed by atoms with van der Waals surface area (Å²) in [7, 11) is -3.21. The number of carbonyl (C=O) groups excluding carboxylic acids is 1. The molecule has 0 aliphatic heterocycles. The first-order chi connectivity index (χ1) is 9.86. The van der Waals surface area contributed by atoms with Gasteiger partial charge in [-0.3, -0.25) is 4.79 Å². The molecule has 1 aromatic heterocycles. The summed E-state index contributed by atoms with van der Waals surface area (Å²) in [6, 6.07) is 11.1. The first kappa shape index (κ1) is 15.5. The highest BCUT2D eigenvalue weighted by molar-refractivity contribution is 7.90. The van der Waals surface area contributed by atoms with Crippen LogP contribution in [0.1, 0.15) is 16.1 Å². The van der Waals surface area contributed by atoms with E-state index in [0.717, 1.165) is 11.8 Å². The van der Waals surface area contributed by atoms with E-state index in [9.17, 15) is 13.2 Å². The van der Waals surface area contributed by atoms with Crippen LogP contribution in [0.15, 0.2) is 47.4 Å². The van der Waals surface area contributed by atoms with Gasteiger partial charge in [0.05, 0.1) is 4.90 Å². The van der Waals surface area contributed by atoms with Crippen molar-refractivity contribution in [2.24, 2.45) is 0 Å². The van der Waals surface area contributed by atoms with E-state index < -0.39 is 9.84 Å². The molecule has 1 amide bonds. The van der Waals surface area contributed by atoms with E-state index in [-0.39, 0.29) is 28.2 Å². The molecule has 0 fully saturated rings. The number of rotatable bonds is 4. The Bertz CT molecular complexity index is 758. The Morgan fingerprint density at radius 3 is 2.43 bits per heavy atom. The van der Waals surface area contributed by atoms with Crippen LogP contribution >= 0.6 is 11.6 Å². The Labute approximate surface area is 127 Å². The predicted octanol–water partition coefficient (Wildman–Crippen LogP) is 2.07. The van der Waals surface area contributed by atoms with Gasteiger partial charge in [0.1, 0.15) is 10.8 Å². The summed E-state index contributed by atoms with van der Waals surface area (Å²) in [5.74, 6) is -0.343. The number of nitrogens with one attached hydrogen (secondary N) is 1. The summed E-state index contributed by atoms with van der Waals surface area (Å²) in [5, 5.41) is 2.94. The van der Waals surface area contributed by atoms with Gasteiger partial charge in [-0.15, -0.1) is 0 Å². The lowest BCUT2D eigenvalue weighted by atomic mass is 10.2. The maximum Gasteiger partial charge on any atom is 0.270 e. The van der Waals surface area contributed by atoms with Gasteiger partial charge in [0.25, 0.3) is 5.91 Å². The first-order valence-electron chi connectivity index (χ1n) is 6.06. The molecule has 1 N–H and O–H groups in total. The fourth-order valence-corrected chi connectivity index (χ4v) is 2.46. The van der Waals surface area contributed by atoms with Gasteiger partial charge in [0.15, 0.2) is 9.84 Å². The van der Waals surface area contributed by atoms with Gasteiger partial charge in [-0.05, 0) is 29.8 Å². The summed E-state index contributed by atoms with van der Waals surface area (Å²) < 4.78 is 22.7. The fourth-order valence-electron chi connectivity index (χ4n) is 1.66. The van der Waals surface area contributed by atoms with E-state index in [4.69, 9.17) is 11.6 Å². The van der Waals surface area contributed by atoms with Crippen molar-refractivity contribution in [3.8, 4) is 0 Å². The molecule has 7 heteroatoms. The lowest BCUT2D eigenvalue weighted by Gasteiger charge is -2.06. The van der Waals surface area contributed by atoms with Crippen LogP contribution in [0.3, 0.4) is 0 Å². The Balaban J connectivity index is 2.02. The van der Waals surface area contributed by atoms with Crippen molar-refractivity contribution in [1.29, 1.82) is 0 Å². The van der Waals surface area contributed by atoms with Gasteiger partial charge in [-0.25, -0.2) is 13.4 Å². The molecule has 0 radical (unpaired) electrons. The highest BCUT2D eigenvalue weighted by Crippen LogP contribution is 2.10. The minimum absolute atomic E-state index is 0.232. The second-order valence-corrected chi connectivity index (χ2v) is 6.85. The van der Waals surface area contributed by atoms with Crippen molar-refractivity contribution < 1.29 is 13.2 Å². The molecule has 0 unspecified atom stereocenters. The SMILES string of the molecule is CS(=O)(=O)c1ccc(CNC(=O)c2cccc(Cl)n2)cc1. The van der Waals surface area contributed by atoms with Crippen LogP contribution in [-0.4, -0.2) is 25.6 Å². The number of amides is 1. The molecule has 2 rings (SSSR count). The summed E-state index contributed by atoms with van der Waals surface area (Å²) in [4.78, 5) is 16.0. The Kier molecular flexibility index (Phi) is 4.59. The van der Waals surface area contributed by atoms with Gasteiger partial charge < -0.3 is 5.32 Å². The number of nitrogens with zero attached hydrogens (tertiary/aromatic N) is 1. The molecular weight excluding hydrogens is 312 g/mol. The minimum atomic E-state index is -3.21. The molecule has 110 valence electrons. The summed E-state index contributed by atoms with van der Waals surface area (Å²) in [5.41, 5.74) is 1.02. The third-order valence-electron chi connectivity index (χ3n) is 2.75. The van der Waals surface area contributed by atoms with Crippen LogP contribution in [0.5, 0.6) is 0 Å². The molecule has 0 aliphatic carbocycles. The number of pyridine rings is 1. The zero-order valence-corrected chi connectivity index (χ0v) is 12.8. The molecule has 2 aromatic rings. The van der Waals surface area contributed by atoms with E-state index >= 15 is 0 Å². The van der Waals surface area contributed by atoms with Gasteiger partial charge in [0.2, 0.25) is 0 Å². The molecule has 0 atom stereocenters. The standard InChI is InChI=1S/C14H13ClN2O3S/c1-21(19,20)11-7-5-10(6-8-11)9-16-14(18)12-3-2-4-13(15)17-12/h2-8H,9H2,1H3,(H,16,18). The van der Waals surface area contributed by atoms with Gasteiger partial charge >= 0.3 is 0 Å². The second-order valence-electron chi connectivity index (χ2n) is 4.44. The van der Waals surface area contributed by atoms with Crippen molar-refractivity contribution >= 4 is 27.3 Å². The molecule has 0 bridgehead atoms. The Morgan fingerprint density at radius 1 is 1.19 bits per heavy atom. The van der Waals surface area contributed by atoms with Crippen LogP contribution in [0.2, 0.25) is 5.15 Å². The van der Waals surface area contributed by atoms with E-state index in [1.165, 1.54) is 12.1 Å². The molecule has 1 heterocycles. The van der Waals surface area contributed by atoms with E-state index in [1.807, 2.05) is 0 Å². The number of sulfone groups is 1. The molecule has 0 aliphatic rings. The number of benzene rings is 1. The number of halogens is 1. The van der Waals surface area contributed by atoms with Crippen molar-refractivity contribution in [3.63, 3.8) is 0 Å². The van der Waals surface area contributed by atoms with E-state index in [1.54, 1.807) is 30.3 Å². The average molecular weight is 325 g/mol. The number of carbonyl (C=O) groups is 1. The van der Waals surface area contributed by atoms with Crippen LogP contribution in [0.4, 0.5) is 0 Å². The van der Waals surface area contributed by atoms with E-state index in [2.05, 4.69) is 10.3 Å². The molecule has 5 nitrogen and oxygen atoms in total. The highest BCUT2D eigenvalue weighted by atomic mass is 35.5. The highest BCUT2D eigenvalue weighted by Gasteiger charge is 2.09. The van der Waals surface area contributed by atoms with Gasteiger partial charge in [-0.1, -0.05) is 29.8 Å². The monoisotopic (exact) mass is 324 g/mol. The summed E-state index contributed by atoms with van der Waals surface area (Å²) in [6.45, 7) is 0.275. The van der Waals surface area contributed by atoms with Crippen LogP contribution in [-0.2, 0) is 16.4 Å². The predicted molar refractivity (Wildman–Crippen MR) is 80.0 cm³/mol. The molecule has 0 saturated carbocycles. The maximum absolute atomic E-state index is 11.9. The van der Waals surface area contributed by atoms with E-state index in [0.29, 0.717) is 0 Å². The Morgan fingerprint density at radius 2 is 1.86 bits per heavy atom. The first-order valence-corrected chi connectivity index (χ1v) is 8.33. The number of hydrogen-bond donors (Lipinski definition) is 1. The number of hydrogen-bond acceptors (Lipinski definition) is 4. The van der Waals surface area contributed by atoms with Crippen molar-refractivity contribution in [2.45, 2.75) is 11.4 Å². The third-order valence-corrected chi connectivity index (χ3v) is 4.09. The summed E-state index contributed by atoms with van der Waals surface area (Å²) in [6.07, 6.45) is 1.15. The van der Waals surface area contributed by atoms with Crippen LogP contribution in [0, 0.1) is 0 Å². The second kappa shape index (κ2) is 6.24. The smallest absolute Gasteiger partial charge is 0.270 e. The van der Waals surface area contributed by atoms with Crippen LogP contribution in [0.25, 0.3) is 0 Å². The van der Waals surface area contributed by atoms with Gasteiger partial charge in [0, 0.05) is 12.8 Å². The number of aromatic nitrogens is 1. The molecule has 21 heavy (non-hydrogen) atoms. The fraction of sp³-hybridized carbons (Fsp3) is 0.143. The summed E-state index contributed by atoms with van der Waals surface area (Å²) >= 11 is 5.72. The third kappa shape index (κ3) is 4.27. The molecule has 0 saturated heterocycles. The minimum Gasteiger partial charge on any atom is -0.347 e. The zero-order valence-electron chi connectivity index (χ0n) is 11.2. The molecule has 0 spiro atoms. The Hall–Kier alpha value is -1.92. The molecule has 1 aromatic carbocycles. The quantitative estimate of drug-likeness (QED) is 0.873. The van der Waals surface area contributed by atoms with Crippen molar-refractivity contribution in [2.75, 3.05) is 6.26 Å². The molecular formula is C14H13ClN2O3S. The van der Waals surface area contributed by atoms with Crippen LogP contribution < -0.4 is 5.32 Å². The normalized spacial score (nSPS) is 11.1. The van der Waals surface area contributed by atoms with Crippen molar-refractivity contribution in [3.05, 3.63) is 58.9 Å². The lowest BCUT2D eigenvalue weighted by Crippen LogP contribution is -2.23. The lowest BCUT2D eigenvalue weighted by molar-refractivity contribution is 0.0946.